The van der Waals surface area contributed by atoms with Gasteiger partial charge in [0.15, 0.2) is 12.2 Å². The van der Waals surface area contributed by atoms with Gasteiger partial charge in [0, 0.05) is 25.7 Å². The second-order valence-corrected chi connectivity index (χ2v) is 28.4. The Labute approximate surface area is 629 Å². The fourth-order valence-electron chi connectivity index (χ4n) is 9.82. The number of esters is 4. The Balaban J connectivity index is 5.46. The van der Waals surface area contributed by atoms with Crippen LogP contribution in [0.1, 0.15) is 285 Å². The van der Waals surface area contributed by atoms with Crippen LogP contribution in [0, 0.1) is 0 Å². The molecule has 0 aromatic heterocycles. The summed E-state index contributed by atoms with van der Waals surface area (Å²) >= 11 is 0. The van der Waals surface area contributed by atoms with E-state index >= 15 is 0 Å². The molecule has 3 N–H and O–H groups in total. The van der Waals surface area contributed by atoms with E-state index in [0.29, 0.717) is 32.1 Å². The first kappa shape index (κ1) is 98.4. The van der Waals surface area contributed by atoms with Crippen LogP contribution in [0.5, 0.6) is 0 Å². The molecule has 0 aliphatic carbocycles. The molecule has 0 fully saturated rings. The minimum atomic E-state index is -5.01. The van der Waals surface area contributed by atoms with Gasteiger partial charge in [0.2, 0.25) is 0 Å². The minimum absolute atomic E-state index is 0.0243. The number of phosphoric acid groups is 2. The molecule has 0 saturated carbocycles. The molecule has 0 spiro atoms. The Morgan fingerprint density at radius 1 is 0.279 bits per heavy atom. The highest BCUT2D eigenvalue weighted by Gasteiger charge is 2.30. The van der Waals surface area contributed by atoms with Crippen LogP contribution in [-0.4, -0.2) is 96.7 Å². The Morgan fingerprint density at radius 3 is 0.827 bits per heavy atom. The molecule has 0 aliphatic rings. The van der Waals surface area contributed by atoms with Gasteiger partial charge in [0.1, 0.15) is 19.3 Å². The van der Waals surface area contributed by atoms with E-state index in [-0.39, 0.29) is 25.7 Å². The maximum absolute atomic E-state index is 13.1. The summed E-state index contributed by atoms with van der Waals surface area (Å²) in [5.74, 6) is -2.34. The van der Waals surface area contributed by atoms with Crippen molar-refractivity contribution in [2.24, 2.45) is 0 Å². The highest BCUT2D eigenvalue weighted by atomic mass is 31.2. The fourth-order valence-corrected chi connectivity index (χ4v) is 11.4. The van der Waals surface area contributed by atoms with E-state index in [4.69, 9.17) is 37.0 Å². The zero-order valence-electron chi connectivity index (χ0n) is 64.4. The standard InChI is InChI=1S/C85H138O17P2/c1-5-9-13-17-21-25-29-32-35-38-39-42-44-47-51-54-58-62-66-70-83(88)96-76-81(102-85(90)72-68-64-60-56-52-48-45-41-37-34-31-27-23-19-15-11-7-3)78-100-104(93,94)98-74-79(86)73-97-103(91,92)99-77-80(101-84(89)71-67-63-59-55-49-28-24-20-16-12-8-4)75-95-82(87)69-65-61-57-53-50-46-43-40-36-33-30-26-22-18-14-10-6-2/h9-11,13-15,21-23,25-27,32-37,39,42-43,45-48,51,58,62,79-81,86H,5-8,12,16-20,24,28-31,38,40-41,44,49-50,52-57,59-61,63-78H2,1-4H3,(H,91,92)(H,93,94)/b13-9-,14-10-,15-11-,25-21-,26-22-,27-23-,35-32-,36-33-,37-34-,42-39-,46-43-,48-45-,51-47-,62-58-. The lowest BCUT2D eigenvalue weighted by Crippen LogP contribution is -2.30. The van der Waals surface area contributed by atoms with Crippen molar-refractivity contribution in [1.29, 1.82) is 0 Å². The lowest BCUT2D eigenvalue weighted by atomic mass is 10.1. The van der Waals surface area contributed by atoms with Gasteiger partial charge >= 0.3 is 39.5 Å². The van der Waals surface area contributed by atoms with Crippen molar-refractivity contribution >= 4 is 39.5 Å². The van der Waals surface area contributed by atoms with E-state index in [1.165, 1.54) is 38.5 Å². The molecule has 0 rings (SSSR count). The maximum Gasteiger partial charge on any atom is 0.472 e. The molecule has 17 nitrogen and oxygen atoms in total. The molecule has 0 bridgehead atoms. The molecular weight excluding hydrogens is 1350 g/mol. The Morgan fingerprint density at radius 2 is 0.519 bits per heavy atom. The van der Waals surface area contributed by atoms with Crippen LogP contribution in [0.2, 0.25) is 0 Å². The predicted octanol–water partition coefficient (Wildman–Crippen LogP) is 23.0. The number of carbonyl (C=O) groups is 4. The average Bonchev–Trinajstić information content (AvgIpc) is 0.931. The summed E-state index contributed by atoms with van der Waals surface area (Å²) < 4.78 is 68.4. The highest BCUT2D eigenvalue weighted by Crippen LogP contribution is 2.45. The fraction of sp³-hybridized carbons (Fsp3) is 0.624. The van der Waals surface area contributed by atoms with E-state index < -0.39 is 97.5 Å². The first-order valence-electron chi connectivity index (χ1n) is 39.4. The third-order valence-corrected chi connectivity index (χ3v) is 17.6. The largest absolute Gasteiger partial charge is 0.472 e. The summed E-state index contributed by atoms with van der Waals surface area (Å²) in [6, 6.07) is 0. The summed E-state index contributed by atoms with van der Waals surface area (Å²) in [5, 5.41) is 10.6. The molecule has 0 aromatic rings. The van der Waals surface area contributed by atoms with Crippen LogP contribution in [0.15, 0.2) is 170 Å². The minimum Gasteiger partial charge on any atom is -0.462 e. The van der Waals surface area contributed by atoms with E-state index in [0.717, 1.165) is 161 Å². The first-order chi connectivity index (χ1) is 50.7. The van der Waals surface area contributed by atoms with Crippen LogP contribution < -0.4 is 0 Å². The van der Waals surface area contributed by atoms with E-state index in [1.807, 2.05) is 18.2 Å². The van der Waals surface area contributed by atoms with E-state index in [2.05, 4.69) is 180 Å². The number of ether oxygens (including phenoxy) is 4. The van der Waals surface area contributed by atoms with Gasteiger partial charge in [0.25, 0.3) is 0 Å². The van der Waals surface area contributed by atoms with Crippen molar-refractivity contribution in [2.45, 2.75) is 303 Å². The second-order valence-electron chi connectivity index (χ2n) is 25.5. The number of allylic oxidation sites excluding steroid dienone is 28. The molecule has 0 aliphatic heterocycles. The van der Waals surface area contributed by atoms with Crippen molar-refractivity contribution in [3.63, 3.8) is 0 Å². The number of hydrogen-bond acceptors (Lipinski definition) is 15. The van der Waals surface area contributed by atoms with Gasteiger partial charge in [-0.15, -0.1) is 0 Å². The van der Waals surface area contributed by atoms with Gasteiger partial charge in [0.05, 0.1) is 26.4 Å². The number of rotatable bonds is 72. The van der Waals surface area contributed by atoms with E-state index in [9.17, 15) is 43.2 Å². The predicted molar refractivity (Wildman–Crippen MR) is 426 cm³/mol. The summed E-state index contributed by atoms with van der Waals surface area (Å²) in [7, 11) is -10.00. The molecular formula is C85H138O17P2. The summed E-state index contributed by atoms with van der Waals surface area (Å²) in [5.41, 5.74) is 0. The zero-order valence-corrected chi connectivity index (χ0v) is 66.2. The van der Waals surface area contributed by atoms with Crippen molar-refractivity contribution in [1.82, 2.24) is 0 Å². The third kappa shape index (κ3) is 74.7. The van der Waals surface area contributed by atoms with Crippen LogP contribution in [0.4, 0.5) is 0 Å². The number of aliphatic hydroxyl groups is 1. The molecule has 0 heterocycles. The molecule has 5 unspecified atom stereocenters. The zero-order chi connectivity index (χ0) is 76.0. The quantitative estimate of drug-likeness (QED) is 0.0169. The van der Waals surface area contributed by atoms with Crippen molar-refractivity contribution in [3.05, 3.63) is 170 Å². The monoisotopic (exact) mass is 1490 g/mol. The number of unbranched alkanes of at least 4 members (excludes halogenated alkanes) is 18. The SMILES string of the molecule is CC/C=C\C/C=C\C/C=C\C/C=C\C/C=C\C/C=C\CCC(=O)OCC(COP(=O)(O)OCC(O)COP(=O)(O)OCC(COC(=O)CCCCCC/C=C\C/C=C\C/C=C\C/C=C\CC)OC(=O)CCCCCCCCCCCCC)OC(=O)CCCCCC/C=C\C/C=C\C/C=C\C/C=C\CC. The molecule has 0 saturated heterocycles. The number of phosphoric ester groups is 2. The third-order valence-electron chi connectivity index (χ3n) is 15.7. The van der Waals surface area contributed by atoms with Crippen LogP contribution >= 0.6 is 15.6 Å². The normalized spacial score (nSPS) is 14.8. The van der Waals surface area contributed by atoms with Crippen molar-refractivity contribution in [2.75, 3.05) is 39.6 Å². The summed E-state index contributed by atoms with van der Waals surface area (Å²) in [4.78, 5) is 72.9. The van der Waals surface area contributed by atoms with Gasteiger partial charge in [-0.05, 0) is 141 Å². The summed E-state index contributed by atoms with van der Waals surface area (Å²) in [6.07, 6.45) is 89.3. The lowest BCUT2D eigenvalue weighted by molar-refractivity contribution is -0.161. The topological polar surface area (TPSA) is 237 Å². The maximum atomic E-state index is 13.1. The smallest absolute Gasteiger partial charge is 0.462 e. The number of hydrogen-bond donors (Lipinski definition) is 3. The number of carbonyl (C=O) groups excluding carboxylic acids is 4. The van der Waals surface area contributed by atoms with Crippen LogP contribution in [-0.2, 0) is 65.4 Å². The Bertz CT molecular complexity index is 2640. The Hall–Kier alpha value is -5.58. The van der Waals surface area contributed by atoms with Crippen molar-refractivity contribution < 1.29 is 80.2 Å². The van der Waals surface area contributed by atoms with Gasteiger partial charge in [-0.25, -0.2) is 9.13 Å². The van der Waals surface area contributed by atoms with E-state index in [1.54, 1.807) is 0 Å². The second kappa shape index (κ2) is 75.6. The molecule has 19 heteroatoms. The molecule has 0 aromatic carbocycles. The molecule has 0 amide bonds. The average molecular weight is 1490 g/mol. The molecule has 104 heavy (non-hydrogen) atoms. The van der Waals surface area contributed by atoms with Gasteiger partial charge in [-0.1, -0.05) is 288 Å². The highest BCUT2D eigenvalue weighted by molar-refractivity contribution is 7.47. The first-order valence-corrected chi connectivity index (χ1v) is 42.4. The molecule has 590 valence electrons. The van der Waals surface area contributed by atoms with Crippen LogP contribution in [0.25, 0.3) is 0 Å². The van der Waals surface area contributed by atoms with Gasteiger partial charge < -0.3 is 33.8 Å². The number of aliphatic hydroxyl groups excluding tert-OH is 1. The van der Waals surface area contributed by atoms with Crippen molar-refractivity contribution in [3.8, 4) is 0 Å². The summed E-state index contributed by atoms with van der Waals surface area (Å²) in [6.45, 7) is 4.37. The molecule has 5 atom stereocenters. The Kier molecular flexibility index (Phi) is 71.6. The molecule has 0 radical (unpaired) electrons. The van der Waals surface area contributed by atoms with Crippen LogP contribution in [0.3, 0.4) is 0 Å². The lowest BCUT2D eigenvalue weighted by Gasteiger charge is -2.21. The van der Waals surface area contributed by atoms with Gasteiger partial charge in [-0.2, -0.15) is 0 Å². The van der Waals surface area contributed by atoms with Gasteiger partial charge in [-0.3, -0.25) is 37.3 Å².